The van der Waals surface area contributed by atoms with Gasteiger partial charge in [0, 0.05) is 11.4 Å². The molecule has 0 aliphatic heterocycles. The number of aromatic nitrogens is 5. The van der Waals surface area contributed by atoms with E-state index in [0.717, 1.165) is 33.6 Å². The molecule has 6 nitrogen and oxygen atoms in total. The Morgan fingerprint density at radius 3 is 2.56 bits per heavy atom. The molecule has 0 radical (unpaired) electrons. The van der Waals surface area contributed by atoms with Gasteiger partial charge in [0.15, 0.2) is 17.1 Å². The molecule has 0 aliphatic rings. The third-order valence-electron chi connectivity index (χ3n) is 5.32. The summed E-state index contributed by atoms with van der Waals surface area (Å²) < 4.78 is 9.36. The van der Waals surface area contributed by atoms with E-state index < -0.39 is 0 Å². The molecular formula is C21H19N5O. The number of benzene rings is 1. The number of furan rings is 1. The molecule has 1 aromatic carbocycles. The summed E-state index contributed by atoms with van der Waals surface area (Å²) in [5.41, 5.74) is 7.62. The Kier molecular flexibility index (Phi) is 3.25. The zero-order chi connectivity index (χ0) is 18.7. The molecule has 5 rings (SSSR count). The van der Waals surface area contributed by atoms with Crippen LogP contribution in [0.1, 0.15) is 22.4 Å². The monoisotopic (exact) mass is 357 g/mol. The van der Waals surface area contributed by atoms with Gasteiger partial charge in [0.25, 0.3) is 0 Å². The first-order chi connectivity index (χ1) is 13.0. The van der Waals surface area contributed by atoms with Gasteiger partial charge in [-0.25, -0.2) is 14.5 Å². The van der Waals surface area contributed by atoms with E-state index in [1.807, 2.05) is 12.1 Å². The predicted octanol–water partition coefficient (Wildman–Crippen LogP) is 4.56. The van der Waals surface area contributed by atoms with Gasteiger partial charge in [-0.15, -0.1) is 5.10 Å². The summed E-state index contributed by atoms with van der Waals surface area (Å²) in [4.78, 5) is 9.44. The maximum absolute atomic E-state index is 5.45. The molecule has 0 bridgehead atoms. The first-order valence-electron chi connectivity index (χ1n) is 8.89. The highest BCUT2D eigenvalue weighted by Gasteiger charge is 2.20. The van der Waals surface area contributed by atoms with Crippen molar-refractivity contribution in [1.29, 1.82) is 0 Å². The van der Waals surface area contributed by atoms with Gasteiger partial charge in [0.1, 0.15) is 6.33 Å². The van der Waals surface area contributed by atoms with Gasteiger partial charge in [-0.3, -0.25) is 4.57 Å². The van der Waals surface area contributed by atoms with Crippen molar-refractivity contribution in [2.75, 3.05) is 0 Å². The molecule has 0 fully saturated rings. The summed E-state index contributed by atoms with van der Waals surface area (Å²) in [6.45, 7) is 8.48. The van der Waals surface area contributed by atoms with E-state index in [9.17, 15) is 0 Å². The maximum atomic E-state index is 5.45. The van der Waals surface area contributed by atoms with Crippen molar-refractivity contribution in [3.63, 3.8) is 0 Å². The minimum absolute atomic E-state index is 0.560. The van der Waals surface area contributed by atoms with Gasteiger partial charge in [-0.05, 0) is 68.7 Å². The van der Waals surface area contributed by atoms with Crippen LogP contribution < -0.4 is 0 Å². The predicted molar refractivity (Wildman–Crippen MR) is 104 cm³/mol. The van der Waals surface area contributed by atoms with Gasteiger partial charge in [-0.1, -0.05) is 6.07 Å². The number of hydrogen-bond acceptors (Lipinski definition) is 4. The zero-order valence-corrected chi connectivity index (χ0v) is 15.7. The normalized spacial score (nSPS) is 11.7. The van der Waals surface area contributed by atoms with Gasteiger partial charge in [0.2, 0.25) is 5.82 Å². The Hall–Kier alpha value is -3.41. The largest absolute Gasteiger partial charge is 0.461 e. The molecule has 0 saturated carbocycles. The van der Waals surface area contributed by atoms with Gasteiger partial charge < -0.3 is 4.42 Å². The molecule has 4 aromatic heterocycles. The Balaban J connectivity index is 1.82. The second-order valence-electron chi connectivity index (χ2n) is 6.94. The van der Waals surface area contributed by atoms with Crippen LogP contribution in [0.3, 0.4) is 0 Å². The molecule has 4 heterocycles. The van der Waals surface area contributed by atoms with Crippen LogP contribution in [0.2, 0.25) is 0 Å². The van der Waals surface area contributed by atoms with E-state index in [-0.39, 0.29) is 0 Å². The van der Waals surface area contributed by atoms with Crippen molar-refractivity contribution in [3.8, 4) is 17.3 Å². The van der Waals surface area contributed by atoms with Crippen LogP contribution in [-0.2, 0) is 0 Å². The molecule has 134 valence electrons. The van der Waals surface area contributed by atoms with Crippen LogP contribution in [0, 0.1) is 27.7 Å². The highest BCUT2D eigenvalue weighted by atomic mass is 16.3. The first kappa shape index (κ1) is 15.8. The van der Waals surface area contributed by atoms with Crippen LogP contribution >= 0.6 is 0 Å². The summed E-state index contributed by atoms with van der Waals surface area (Å²) in [6.07, 6.45) is 3.34. The van der Waals surface area contributed by atoms with Crippen LogP contribution in [-0.4, -0.2) is 24.1 Å². The minimum Gasteiger partial charge on any atom is -0.461 e. The molecule has 0 atom stereocenters. The molecule has 0 aliphatic carbocycles. The maximum Gasteiger partial charge on any atom is 0.217 e. The number of aryl methyl sites for hydroxylation is 3. The molecule has 27 heavy (non-hydrogen) atoms. The molecule has 0 unspecified atom stereocenters. The fourth-order valence-corrected chi connectivity index (χ4v) is 3.55. The standard InChI is InChI=1S/C21H19N5O/c1-12-7-8-16(10-13(12)2)26-15(4)14(3)18-20(26)22-11-25-21(18)23-19(24-25)17-6-5-9-27-17/h5-11H,1-4H3. The first-order valence-corrected chi connectivity index (χ1v) is 8.89. The minimum atomic E-state index is 0.560. The van der Waals surface area contributed by atoms with Gasteiger partial charge in [0.05, 0.1) is 11.6 Å². The molecule has 5 aromatic rings. The highest BCUT2D eigenvalue weighted by molar-refractivity contribution is 5.95. The number of rotatable bonds is 2. The highest BCUT2D eigenvalue weighted by Crippen LogP contribution is 2.31. The fourth-order valence-electron chi connectivity index (χ4n) is 3.55. The van der Waals surface area contributed by atoms with Crippen molar-refractivity contribution < 1.29 is 4.42 Å². The number of nitrogens with zero attached hydrogens (tertiary/aromatic N) is 5. The average molecular weight is 357 g/mol. The average Bonchev–Trinajstić information content (AvgIpc) is 3.36. The van der Waals surface area contributed by atoms with Crippen molar-refractivity contribution in [2.45, 2.75) is 27.7 Å². The quantitative estimate of drug-likeness (QED) is 0.465. The summed E-state index contributed by atoms with van der Waals surface area (Å²) in [7, 11) is 0. The third kappa shape index (κ3) is 2.23. The van der Waals surface area contributed by atoms with E-state index in [2.05, 4.69) is 55.6 Å². The van der Waals surface area contributed by atoms with Gasteiger partial charge >= 0.3 is 0 Å². The Morgan fingerprint density at radius 1 is 0.963 bits per heavy atom. The van der Waals surface area contributed by atoms with E-state index in [4.69, 9.17) is 14.4 Å². The second kappa shape index (κ2) is 5.54. The molecule has 0 saturated heterocycles. The Morgan fingerprint density at radius 2 is 1.81 bits per heavy atom. The van der Waals surface area contributed by atoms with E-state index in [1.165, 1.54) is 11.1 Å². The SMILES string of the molecule is Cc1ccc(-n2c(C)c(C)c3c2ncn2nc(-c4ccco4)nc32)cc1C. The lowest BCUT2D eigenvalue weighted by Gasteiger charge is -2.10. The summed E-state index contributed by atoms with van der Waals surface area (Å²) >= 11 is 0. The van der Waals surface area contributed by atoms with Crippen molar-refractivity contribution >= 4 is 16.7 Å². The van der Waals surface area contributed by atoms with Crippen molar-refractivity contribution in [1.82, 2.24) is 24.1 Å². The lowest BCUT2D eigenvalue weighted by atomic mass is 10.1. The zero-order valence-electron chi connectivity index (χ0n) is 15.7. The molecule has 0 spiro atoms. The summed E-state index contributed by atoms with van der Waals surface area (Å²) in [6, 6.07) is 10.2. The molecular weight excluding hydrogens is 338 g/mol. The summed E-state index contributed by atoms with van der Waals surface area (Å²) in [5, 5.41) is 5.54. The number of hydrogen-bond donors (Lipinski definition) is 0. The van der Waals surface area contributed by atoms with Crippen LogP contribution in [0.25, 0.3) is 34.0 Å². The molecule has 0 amide bonds. The summed E-state index contributed by atoms with van der Waals surface area (Å²) in [5.74, 6) is 1.21. The Labute approximate surface area is 156 Å². The molecule has 6 heteroatoms. The second-order valence-corrected chi connectivity index (χ2v) is 6.94. The third-order valence-corrected chi connectivity index (χ3v) is 5.32. The van der Waals surface area contributed by atoms with E-state index in [0.29, 0.717) is 11.6 Å². The van der Waals surface area contributed by atoms with Gasteiger partial charge in [-0.2, -0.15) is 0 Å². The lowest BCUT2D eigenvalue weighted by Crippen LogP contribution is -2.00. The Bertz CT molecular complexity index is 1310. The van der Waals surface area contributed by atoms with E-state index >= 15 is 0 Å². The molecule has 0 N–H and O–H groups in total. The smallest absolute Gasteiger partial charge is 0.217 e. The van der Waals surface area contributed by atoms with Crippen LogP contribution in [0.15, 0.2) is 47.3 Å². The van der Waals surface area contributed by atoms with Crippen LogP contribution in [0.5, 0.6) is 0 Å². The van der Waals surface area contributed by atoms with Crippen molar-refractivity contribution in [3.05, 3.63) is 65.3 Å². The van der Waals surface area contributed by atoms with Crippen molar-refractivity contribution in [2.24, 2.45) is 0 Å². The topological polar surface area (TPSA) is 61.2 Å². The van der Waals surface area contributed by atoms with E-state index in [1.54, 1.807) is 17.1 Å². The fraction of sp³-hybridized carbons (Fsp3) is 0.190. The lowest BCUT2D eigenvalue weighted by molar-refractivity contribution is 0.577. The number of fused-ring (bicyclic) bond motifs is 3. The van der Waals surface area contributed by atoms with Crippen LogP contribution in [0.4, 0.5) is 0 Å².